The lowest BCUT2D eigenvalue weighted by Gasteiger charge is -2.13. The molecule has 2 aromatic rings. The first-order valence-electron chi connectivity index (χ1n) is 5.78. The zero-order chi connectivity index (χ0) is 12.4. The van der Waals surface area contributed by atoms with Crippen molar-refractivity contribution in [2.45, 2.75) is 33.8 Å². The molecular weight excluding hydrogens is 214 g/mol. The third-order valence-corrected chi connectivity index (χ3v) is 2.87. The Balaban J connectivity index is 2.66. The van der Waals surface area contributed by atoms with Crippen molar-refractivity contribution >= 4 is 0 Å². The summed E-state index contributed by atoms with van der Waals surface area (Å²) in [5, 5.41) is 9.48. The Kier molecular flexibility index (Phi) is 3.24. The summed E-state index contributed by atoms with van der Waals surface area (Å²) >= 11 is 0. The van der Waals surface area contributed by atoms with Gasteiger partial charge in [-0.3, -0.25) is 4.57 Å². The largest absolute Gasteiger partial charge is 0.392 e. The van der Waals surface area contributed by atoms with Crippen molar-refractivity contribution < 1.29 is 5.11 Å². The van der Waals surface area contributed by atoms with Gasteiger partial charge in [-0.25, -0.2) is 9.97 Å². The number of hydrogen-bond acceptors (Lipinski definition) is 3. The number of nitrogens with zero attached hydrogens (tertiary/aromatic N) is 3. The predicted octanol–water partition coefficient (Wildman–Crippen LogP) is 1.94. The Bertz CT molecular complexity index is 531. The van der Waals surface area contributed by atoms with Crippen LogP contribution < -0.4 is 0 Å². The molecule has 0 spiro atoms. The van der Waals surface area contributed by atoms with Crippen molar-refractivity contribution in [2.24, 2.45) is 0 Å². The van der Waals surface area contributed by atoms with E-state index < -0.39 is 0 Å². The highest BCUT2D eigenvalue weighted by Gasteiger charge is 2.12. The number of hydrogen-bond donors (Lipinski definition) is 1. The lowest BCUT2D eigenvalue weighted by Crippen LogP contribution is -2.08. The van der Waals surface area contributed by atoms with Crippen LogP contribution in [0.4, 0.5) is 0 Å². The van der Waals surface area contributed by atoms with Crippen LogP contribution in [-0.4, -0.2) is 19.6 Å². The van der Waals surface area contributed by atoms with Gasteiger partial charge < -0.3 is 5.11 Å². The Morgan fingerprint density at radius 2 is 2.12 bits per heavy atom. The maximum Gasteiger partial charge on any atom is 0.144 e. The molecule has 0 aliphatic heterocycles. The average molecular weight is 231 g/mol. The maximum atomic E-state index is 9.48. The molecule has 0 amide bonds. The Morgan fingerprint density at radius 1 is 1.35 bits per heavy atom. The zero-order valence-corrected chi connectivity index (χ0v) is 10.4. The van der Waals surface area contributed by atoms with Gasteiger partial charge in [0.15, 0.2) is 0 Å². The van der Waals surface area contributed by atoms with Crippen molar-refractivity contribution in [2.75, 3.05) is 0 Å². The summed E-state index contributed by atoms with van der Waals surface area (Å²) in [6.07, 6.45) is 4.49. The van der Waals surface area contributed by atoms with Crippen LogP contribution in [0.2, 0.25) is 0 Å². The van der Waals surface area contributed by atoms with E-state index in [0.717, 1.165) is 34.9 Å². The molecule has 0 radical (unpaired) electrons. The lowest BCUT2D eigenvalue weighted by atomic mass is 10.1. The van der Waals surface area contributed by atoms with Gasteiger partial charge in [0.1, 0.15) is 11.6 Å². The minimum atomic E-state index is -0.00419. The average Bonchev–Trinajstić information content (AvgIpc) is 2.75. The minimum absolute atomic E-state index is 0.00419. The molecule has 2 heterocycles. The molecule has 90 valence electrons. The second-order valence-corrected chi connectivity index (χ2v) is 4.11. The summed E-state index contributed by atoms with van der Waals surface area (Å²) in [5.74, 6) is 1.75. The molecule has 17 heavy (non-hydrogen) atoms. The fourth-order valence-corrected chi connectivity index (χ4v) is 2.03. The molecule has 0 saturated heterocycles. The lowest BCUT2D eigenvalue weighted by molar-refractivity contribution is 0.280. The summed E-state index contributed by atoms with van der Waals surface area (Å²) in [6.45, 7) is 6.00. The molecule has 0 atom stereocenters. The summed E-state index contributed by atoms with van der Waals surface area (Å²) in [6, 6.07) is 1.98. The summed E-state index contributed by atoms with van der Waals surface area (Å²) < 4.78 is 1.95. The van der Waals surface area contributed by atoms with Crippen LogP contribution in [-0.2, 0) is 13.0 Å². The van der Waals surface area contributed by atoms with Crippen molar-refractivity contribution in [1.29, 1.82) is 0 Å². The van der Waals surface area contributed by atoms with E-state index in [1.54, 1.807) is 6.20 Å². The SMILES string of the molecule is CCc1nccn1-c1nc(C)cc(C)c1CO. The van der Waals surface area contributed by atoms with E-state index in [1.165, 1.54) is 0 Å². The molecule has 2 rings (SSSR count). The summed E-state index contributed by atoms with van der Waals surface area (Å²) in [4.78, 5) is 8.81. The maximum absolute atomic E-state index is 9.48. The topological polar surface area (TPSA) is 50.9 Å². The summed E-state index contributed by atoms with van der Waals surface area (Å²) in [5.41, 5.74) is 2.87. The molecule has 0 bridgehead atoms. The first kappa shape index (κ1) is 11.8. The van der Waals surface area contributed by atoms with E-state index in [-0.39, 0.29) is 6.61 Å². The molecular formula is C13H17N3O. The third kappa shape index (κ3) is 2.08. The van der Waals surface area contributed by atoms with E-state index >= 15 is 0 Å². The van der Waals surface area contributed by atoms with Gasteiger partial charge in [0, 0.05) is 30.1 Å². The van der Waals surface area contributed by atoms with Crippen LogP contribution in [0.15, 0.2) is 18.5 Å². The van der Waals surface area contributed by atoms with E-state index in [4.69, 9.17) is 0 Å². The van der Waals surface area contributed by atoms with Crippen LogP contribution in [0.25, 0.3) is 5.82 Å². The van der Waals surface area contributed by atoms with Crippen LogP contribution in [0.1, 0.15) is 29.6 Å². The number of aliphatic hydroxyl groups excluding tert-OH is 1. The normalized spacial score (nSPS) is 10.8. The molecule has 0 saturated carbocycles. The number of aryl methyl sites for hydroxylation is 3. The Hall–Kier alpha value is -1.68. The number of aromatic nitrogens is 3. The monoisotopic (exact) mass is 231 g/mol. The molecule has 1 N–H and O–H groups in total. The second-order valence-electron chi connectivity index (χ2n) is 4.11. The van der Waals surface area contributed by atoms with Gasteiger partial charge in [0.25, 0.3) is 0 Å². The highest BCUT2D eigenvalue weighted by atomic mass is 16.3. The molecule has 2 aromatic heterocycles. The van der Waals surface area contributed by atoms with Crippen molar-refractivity contribution in [1.82, 2.24) is 14.5 Å². The smallest absolute Gasteiger partial charge is 0.144 e. The van der Waals surface area contributed by atoms with Gasteiger partial charge >= 0.3 is 0 Å². The molecule has 4 heteroatoms. The predicted molar refractivity (Wildman–Crippen MR) is 66.1 cm³/mol. The Labute approximate surface area is 101 Å². The van der Waals surface area contributed by atoms with Crippen molar-refractivity contribution in [3.8, 4) is 5.82 Å². The van der Waals surface area contributed by atoms with Gasteiger partial charge in [-0.05, 0) is 25.5 Å². The fraction of sp³-hybridized carbons (Fsp3) is 0.385. The molecule has 4 nitrogen and oxygen atoms in total. The molecule has 0 aliphatic rings. The first-order chi connectivity index (χ1) is 8.17. The van der Waals surface area contributed by atoms with Crippen LogP contribution in [0.3, 0.4) is 0 Å². The molecule has 0 fully saturated rings. The van der Waals surface area contributed by atoms with Crippen LogP contribution in [0, 0.1) is 13.8 Å². The zero-order valence-electron chi connectivity index (χ0n) is 10.4. The van der Waals surface area contributed by atoms with E-state index in [0.29, 0.717) is 0 Å². The van der Waals surface area contributed by atoms with E-state index in [9.17, 15) is 5.11 Å². The second kappa shape index (κ2) is 4.67. The van der Waals surface area contributed by atoms with Crippen LogP contribution >= 0.6 is 0 Å². The molecule has 0 unspecified atom stereocenters. The van der Waals surface area contributed by atoms with Crippen molar-refractivity contribution in [3.05, 3.63) is 41.1 Å². The number of rotatable bonds is 3. The van der Waals surface area contributed by atoms with Gasteiger partial charge in [0.2, 0.25) is 0 Å². The summed E-state index contributed by atoms with van der Waals surface area (Å²) in [7, 11) is 0. The highest BCUT2D eigenvalue weighted by molar-refractivity contribution is 5.41. The van der Waals surface area contributed by atoms with Gasteiger partial charge in [-0.2, -0.15) is 0 Å². The van der Waals surface area contributed by atoms with Crippen LogP contribution in [0.5, 0.6) is 0 Å². The fourth-order valence-electron chi connectivity index (χ4n) is 2.03. The van der Waals surface area contributed by atoms with Gasteiger partial charge in [0.05, 0.1) is 6.61 Å². The number of aliphatic hydroxyl groups is 1. The third-order valence-electron chi connectivity index (χ3n) is 2.87. The van der Waals surface area contributed by atoms with Gasteiger partial charge in [-0.15, -0.1) is 0 Å². The first-order valence-corrected chi connectivity index (χ1v) is 5.78. The molecule has 0 aliphatic carbocycles. The quantitative estimate of drug-likeness (QED) is 0.878. The van der Waals surface area contributed by atoms with E-state index in [2.05, 4.69) is 16.9 Å². The Morgan fingerprint density at radius 3 is 2.76 bits per heavy atom. The van der Waals surface area contributed by atoms with Gasteiger partial charge in [-0.1, -0.05) is 6.92 Å². The highest BCUT2D eigenvalue weighted by Crippen LogP contribution is 2.19. The minimum Gasteiger partial charge on any atom is -0.392 e. The number of imidazole rings is 1. The van der Waals surface area contributed by atoms with Crippen molar-refractivity contribution in [3.63, 3.8) is 0 Å². The van der Waals surface area contributed by atoms with E-state index in [1.807, 2.05) is 30.7 Å². The standard InChI is InChI=1S/C13H17N3O/c1-4-12-14-5-6-16(12)13-11(8-17)9(2)7-10(3)15-13/h5-7,17H,4,8H2,1-3H3. The number of pyridine rings is 1. The molecule has 0 aromatic carbocycles.